The number of benzene rings is 1. The van der Waals surface area contributed by atoms with Crippen molar-refractivity contribution in [2.75, 3.05) is 5.43 Å². The zero-order valence-corrected chi connectivity index (χ0v) is 15.7. The normalized spacial score (nSPS) is 27.2. The first kappa shape index (κ1) is 16.0. The molecule has 1 aromatic carbocycles. The van der Waals surface area contributed by atoms with Crippen LogP contribution in [0.1, 0.15) is 27.2 Å². The zero-order valence-electron chi connectivity index (χ0n) is 14.1. The zero-order chi connectivity index (χ0) is 16.9. The summed E-state index contributed by atoms with van der Waals surface area (Å²) in [6.07, 6.45) is 3.68. The lowest BCUT2D eigenvalue weighted by molar-refractivity contribution is 0.201. The van der Waals surface area contributed by atoms with E-state index in [2.05, 4.69) is 48.1 Å². The molecule has 3 nitrogen and oxygen atoms in total. The van der Waals surface area contributed by atoms with E-state index < -0.39 is 0 Å². The summed E-state index contributed by atoms with van der Waals surface area (Å²) in [5.41, 5.74) is 10.5. The SMILES string of the molecule is C[C@@H]1[C@@H]2C[C@@H](C=C2NNc2nc(-c3ccc(Cl)cc3)cs2)C1(C)C. The number of nitrogens with zero attached hydrogens (tertiary/aromatic N) is 1. The second kappa shape index (κ2) is 5.78. The van der Waals surface area contributed by atoms with Gasteiger partial charge < -0.3 is 5.43 Å². The molecule has 1 heterocycles. The molecule has 2 aliphatic rings. The van der Waals surface area contributed by atoms with E-state index in [4.69, 9.17) is 11.6 Å². The minimum atomic E-state index is 0.415. The van der Waals surface area contributed by atoms with Crippen molar-refractivity contribution in [3.05, 3.63) is 46.4 Å². The number of fused-ring (bicyclic) bond motifs is 2. The molecule has 2 bridgehead atoms. The van der Waals surface area contributed by atoms with Gasteiger partial charge in [0.1, 0.15) is 0 Å². The molecule has 1 saturated carbocycles. The van der Waals surface area contributed by atoms with Crippen LogP contribution in [0.2, 0.25) is 5.02 Å². The van der Waals surface area contributed by atoms with Crippen molar-refractivity contribution in [1.82, 2.24) is 10.4 Å². The number of rotatable bonds is 4. The van der Waals surface area contributed by atoms with Gasteiger partial charge in [0.25, 0.3) is 0 Å². The maximum Gasteiger partial charge on any atom is 0.202 e. The second-order valence-corrected chi connectivity index (χ2v) is 8.77. The van der Waals surface area contributed by atoms with Gasteiger partial charge in [-0.05, 0) is 35.8 Å². The topological polar surface area (TPSA) is 37.0 Å². The number of allylic oxidation sites excluding steroid dienone is 2. The van der Waals surface area contributed by atoms with Crippen molar-refractivity contribution in [2.45, 2.75) is 27.2 Å². The summed E-state index contributed by atoms with van der Waals surface area (Å²) in [5, 5.41) is 3.69. The van der Waals surface area contributed by atoms with E-state index in [-0.39, 0.29) is 0 Å². The van der Waals surface area contributed by atoms with E-state index in [1.54, 1.807) is 11.3 Å². The van der Waals surface area contributed by atoms with Crippen LogP contribution in [-0.4, -0.2) is 4.98 Å². The summed E-state index contributed by atoms with van der Waals surface area (Å²) in [4.78, 5) is 4.66. The van der Waals surface area contributed by atoms with Gasteiger partial charge in [-0.15, -0.1) is 11.3 Å². The molecule has 0 radical (unpaired) electrons. The molecule has 0 amide bonds. The van der Waals surface area contributed by atoms with Crippen molar-refractivity contribution in [3.8, 4) is 11.3 Å². The van der Waals surface area contributed by atoms with Gasteiger partial charge >= 0.3 is 0 Å². The Morgan fingerprint density at radius 3 is 2.62 bits per heavy atom. The van der Waals surface area contributed by atoms with Gasteiger partial charge in [-0.25, -0.2) is 4.98 Å². The monoisotopic (exact) mass is 359 g/mol. The highest BCUT2D eigenvalue weighted by molar-refractivity contribution is 7.14. The van der Waals surface area contributed by atoms with E-state index in [1.165, 1.54) is 12.1 Å². The fourth-order valence-corrected chi connectivity index (χ4v) is 4.80. The van der Waals surface area contributed by atoms with E-state index >= 15 is 0 Å². The summed E-state index contributed by atoms with van der Waals surface area (Å²) in [6, 6.07) is 7.78. The fourth-order valence-electron chi connectivity index (χ4n) is 4.00. The molecule has 1 fully saturated rings. The van der Waals surface area contributed by atoms with Crippen molar-refractivity contribution in [1.29, 1.82) is 0 Å². The highest BCUT2D eigenvalue weighted by atomic mass is 35.5. The van der Waals surface area contributed by atoms with Crippen molar-refractivity contribution in [2.24, 2.45) is 23.2 Å². The highest BCUT2D eigenvalue weighted by Crippen LogP contribution is 2.57. The number of nitrogens with one attached hydrogen (secondary N) is 2. The molecule has 5 heteroatoms. The minimum Gasteiger partial charge on any atom is -0.303 e. The molecule has 0 spiro atoms. The molecule has 4 rings (SSSR count). The predicted molar refractivity (Wildman–Crippen MR) is 102 cm³/mol. The first-order valence-corrected chi connectivity index (χ1v) is 9.66. The summed E-state index contributed by atoms with van der Waals surface area (Å²) in [5.74, 6) is 2.02. The lowest BCUT2D eigenvalue weighted by atomic mass is 9.72. The molecule has 2 aliphatic carbocycles. The van der Waals surface area contributed by atoms with Crippen molar-refractivity contribution >= 4 is 28.1 Å². The Morgan fingerprint density at radius 1 is 1.21 bits per heavy atom. The van der Waals surface area contributed by atoms with Gasteiger partial charge in [0.05, 0.1) is 5.69 Å². The van der Waals surface area contributed by atoms with Crippen LogP contribution in [0.3, 0.4) is 0 Å². The third-order valence-corrected chi connectivity index (χ3v) is 6.99. The molecular formula is C19H22ClN3S. The average molecular weight is 360 g/mol. The van der Waals surface area contributed by atoms with E-state index in [0.29, 0.717) is 23.2 Å². The molecule has 0 unspecified atom stereocenters. The number of anilines is 1. The molecule has 0 aliphatic heterocycles. The first-order chi connectivity index (χ1) is 11.4. The minimum absolute atomic E-state index is 0.415. The standard InChI is InChI=1S/C19H22ClN3S/c1-11-15-8-13(19(11,2)3)9-16(15)22-23-18-21-17(10-24-18)12-4-6-14(20)7-5-12/h4-7,9-11,13,15,22H,8H2,1-3H3,(H,21,23)/t11-,13+,15+/m1/s1. The van der Waals surface area contributed by atoms with Gasteiger partial charge in [0, 0.05) is 27.6 Å². The Balaban J connectivity index is 1.43. The van der Waals surface area contributed by atoms with Crippen LogP contribution in [0.4, 0.5) is 5.13 Å². The second-order valence-electron chi connectivity index (χ2n) is 7.48. The fraction of sp³-hybridized carbons (Fsp3) is 0.421. The summed E-state index contributed by atoms with van der Waals surface area (Å²) in [7, 11) is 0. The predicted octanol–water partition coefficient (Wildman–Crippen LogP) is 5.58. The number of hydrogen-bond acceptors (Lipinski definition) is 4. The highest BCUT2D eigenvalue weighted by Gasteiger charge is 2.51. The molecule has 3 atom stereocenters. The molecule has 126 valence electrons. The quantitative estimate of drug-likeness (QED) is 0.700. The van der Waals surface area contributed by atoms with Crippen LogP contribution in [0, 0.1) is 23.2 Å². The number of aromatic nitrogens is 1. The Kier molecular flexibility index (Phi) is 3.85. The van der Waals surface area contributed by atoms with Crippen LogP contribution in [0.15, 0.2) is 41.4 Å². The molecule has 0 saturated heterocycles. The van der Waals surface area contributed by atoms with Crippen molar-refractivity contribution in [3.63, 3.8) is 0 Å². The molecule has 24 heavy (non-hydrogen) atoms. The maximum atomic E-state index is 5.94. The van der Waals surface area contributed by atoms with Crippen LogP contribution in [0.5, 0.6) is 0 Å². The molecule has 2 N–H and O–H groups in total. The summed E-state index contributed by atoms with van der Waals surface area (Å²) < 4.78 is 0. The smallest absolute Gasteiger partial charge is 0.202 e. The van der Waals surface area contributed by atoms with Crippen LogP contribution < -0.4 is 10.9 Å². The molecule has 2 aromatic rings. The Bertz CT molecular complexity index is 778. The Morgan fingerprint density at radius 2 is 1.96 bits per heavy atom. The third kappa shape index (κ3) is 2.62. The van der Waals surface area contributed by atoms with Crippen molar-refractivity contribution < 1.29 is 0 Å². The summed E-state index contributed by atoms with van der Waals surface area (Å²) in [6.45, 7) is 7.16. The Hall–Kier alpha value is -1.52. The third-order valence-electron chi connectivity index (χ3n) is 5.98. The first-order valence-electron chi connectivity index (χ1n) is 8.40. The van der Waals surface area contributed by atoms with Gasteiger partial charge in [-0.1, -0.05) is 50.6 Å². The lowest BCUT2D eigenvalue weighted by Gasteiger charge is -2.35. The van der Waals surface area contributed by atoms with Gasteiger partial charge in [-0.3, -0.25) is 5.43 Å². The van der Waals surface area contributed by atoms with Gasteiger partial charge in [0.15, 0.2) is 0 Å². The van der Waals surface area contributed by atoms with Gasteiger partial charge in [0.2, 0.25) is 5.13 Å². The van der Waals surface area contributed by atoms with Gasteiger partial charge in [-0.2, -0.15) is 0 Å². The van der Waals surface area contributed by atoms with Crippen LogP contribution in [-0.2, 0) is 0 Å². The van der Waals surface area contributed by atoms with E-state index in [1.807, 2.05) is 24.3 Å². The van der Waals surface area contributed by atoms with E-state index in [9.17, 15) is 0 Å². The Labute approximate surface area is 152 Å². The van der Waals surface area contributed by atoms with Crippen LogP contribution >= 0.6 is 22.9 Å². The number of thiazole rings is 1. The number of hydrazine groups is 1. The summed E-state index contributed by atoms with van der Waals surface area (Å²) >= 11 is 7.55. The average Bonchev–Trinajstić information content (AvgIpc) is 3.23. The number of halogens is 1. The maximum absolute atomic E-state index is 5.94. The largest absolute Gasteiger partial charge is 0.303 e. The number of hydrogen-bond donors (Lipinski definition) is 2. The molecular weight excluding hydrogens is 338 g/mol. The van der Waals surface area contributed by atoms with Crippen LogP contribution in [0.25, 0.3) is 11.3 Å². The molecule has 1 aromatic heterocycles. The lowest BCUT2D eigenvalue weighted by Crippen LogP contribution is -2.33. The van der Waals surface area contributed by atoms with E-state index in [0.717, 1.165) is 21.4 Å².